The number of nitrogens with one attached hydrogen (secondary N) is 1. The lowest BCUT2D eigenvalue weighted by atomic mass is 9.99. The zero-order valence-corrected chi connectivity index (χ0v) is 9.81. The Hall–Kier alpha value is -1.81. The summed E-state index contributed by atoms with van der Waals surface area (Å²) in [5, 5.41) is 2.89. The van der Waals surface area contributed by atoms with E-state index in [2.05, 4.69) is 5.32 Å². The molecule has 4 heteroatoms. The minimum atomic E-state index is -0.654. The average molecular weight is 251 g/mol. The van der Waals surface area contributed by atoms with E-state index < -0.39 is 11.6 Å². The highest BCUT2D eigenvalue weighted by Gasteiger charge is 2.11. The third kappa shape index (κ3) is 2.54. The Balaban J connectivity index is 2.55. The molecule has 1 N–H and O–H groups in total. The first-order valence-corrected chi connectivity index (χ1v) is 5.50. The van der Waals surface area contributed by atoms with Gasteiger partial charge in [0, 0.05) is 18.2 Å². The molecule has 0 fully saturated rings. The Morgan fingerprint density at radius 3 is 2.11 bits per heavy atom. The summed E-state index contributed by atoms with van der Waals surface area (Å²) in [7, 11) is 1.72. The first-order valence-electron chi connectivity index (χ1n) is 5.50. The predicted molar refractivity (Wildman–Crippen MR) is 64.5 cm³/mol. The van der Waals surface area contributed by atoms with Crippen molar-refractivity contribution in [1.82, 2.24) is 5.32 Å². The molecule has 0 amide bonds. The molecule has 0 bridgehead atoms. The van der Waals surface area contributed by atoms with Gasteiger partial charge in [-0.15, -0.1) is 0 Å². The predicted octanol–water partition coefficient (Wildman–Crippen LogP) is 3.49. The van der Waals surface area contributed by atoms with Crippen LogP contribution < -0.4 is 5.32 Å². The minimum absolute atomic E-state index is 0.265. The SMILES string of the molecule is CNCc1cc(F)ccc1-c1ccc(F)cc1F. The van der Waals surface area contributed by atoms with Gasteiger partial charge in [-0.2, -0.15) is 0 Å². The van der Waals surface area contributed by atoms with Crippen molar-refractivity contribution in [3.05, 3.63) is 59.4 Å². The Morgan fingerprint density at radius 2 is 1.50 bits per heavy atom. The second-order valence-corrected chi connectivity index (χ2v) is 3.96. The standard InChI is InChI=1S/C14H12F3N/c1-18-8-9-6-10(15)2-4-12(9)13-5-3-11(16)7-14(13)17/h2-7,18H,8H2,1H3. The number of halogens is 3. The van der Waals surface area contributed by atoms with Gasteiger partial charge in [-0.25, -0.2) is 13.2 Å². The normalized spacial score (nSPS) is 10.7. The van der Waals surface area contributed by atoms with Gasteiger partial charge in [-0.3, -0.25) is 0 Å². The summed E-state index contributed by atoms with van der Waals surface area (Å²) in [4.78, 5) is 0. The lowest BCUT2D eigenvalue weighted by Gasteiger charge is -2.10. The van der Waals surface area contributed by atoms with Crippen LogP contribution in [0.2, 0.25) is 0 Å². The maximum Gasteiger partial charge on any atom is 0.133 e. The molecule has 0 aliphatic heterocycles. The van der Waals surface area contributed by atoms with Crippen LogP contribution in [0.4, 0.5) is 13.2 Å². The van der Waals surface area contributed by atoms with Crippen LogP contribution in [0.15, 0.2) is 36.4 Å². The van der Waals surface area contributed by atoms with Gasteiger partial charge in [-0.1, -0.05) is 6.07 Å². The molecule has 0 radical (unpaired) electrons. The smallest absolute Gasteiger partial charge is 0.133 e. The summed E-state index contributed by atoms with van der Waals surface area (Å²) in [6, 6.07) is 7.47. The van der Waals surface area contributed by atoms with E-state index in [0.717, 1.165) is 6.07 Å². The summed E-state index contributed by atoms with van der Waals surface area (Å²) in [5.41, 5.74) is 1.45. The van der Waals surface area contributed by atoms with E-state index in [1.165, 1.54) is 30.3 Å². The van der Waals surface area contributed by atoms with E-state index in [4.69, 9.17) is 0 Å². The fourth-order valence-corrected chi connectivity index (χ4v) is 1.87. The summed E-state index contributed by atoms with van der Waals surface area (Å²) in [6.07, 6.45) is 0. The first kappa shape index (κ1) is 12.6. The second kappa shape index (κ2) is 5.23. The maximum absolute atomic E-state index is 13.7. The van der Waals surface area contributed by atoms with Crippen molar-refractivity contribution in [3.63, 3.8) is 0 Å². The molecule has 2 rings (SSSR count). The molecule has 0 unspecified atom stereocenters. The molecule has 0 saturated carbocycles. The van der Waals surface area contributed by atoms with E-state index in [1.54, 1.807) is 7.05 Å². The zero-order valence-electron chi connectivity index (χ0n) is 9.81. The van der Waals surface area contributed by atoms with E-state index in [-0.39, 0.29) is 11.4 Å². The number of benzene rings is 2. The highest BCUT2D eigenvalue weighted by Crippen LogP contribution is 2.27. The fraction of sp³-hybridized carbons (Fsp3) is 0.143. The van der Waals surface area contributed by atoms with Gasteiger partial charge in [0.25, 0.3) is 0 Å². The van der Waals surface area contributed by atoms with Crippen molar-refractivity contribution in [1.29, 1.82) is 0 Å². The van der Waals surface area contributed by atoms with Crippen LogP contribution in [-0.2, 0) is 6.54 Å². The second-order valence-electron chi connectivity index (χ2n) is 3.96. The highest BCUT2D eigenvalue weighted by molar-refractivity contribution is 5.68. The monoisotopic (exact) mass is 251 g/mol. The molecule has 1 nitrogen and oxygen atoms in total. The molecule has 0 atom stereocenters. The maximum atomic E-state index is 13.7. The molecule has 2 aromatic rings. The zero-order chi connectivity index (χ0) is 13.1. The lowest BCUT2D eigenvalue weighted by molar-refractivity contribution is 0.585. The van der Waals surface area contributed by atoms with Crippen LogP contribution in [0.1, 0.15) is 5.56 Å². The molecular weight excluding hydrogens is 239 g/mol. The molecule has 94 valence electrons. The first-order chi connectivity index (χ1) is 8.61. The van der Waals surface area contributed by atoms with E-state index in [9.17, 15) is 13.2 Å². The number of hydrogen-bond acceptors (Lipinski definition) is 1. The van der Waals surface area contributed by atoms with Gasteiger partial charge < -0.3 is 5.32 Å². The Morgan fingerprint density at radius 1 is 0.889 bits per heavy atom. The molecule has 2 aromatic carbocycles. The van der Waals surface area contributed by atoms with Gasteiger partial charge in [0.15, 0.2) is 0 Å². The molecule has 18 heavy (non-hydrogen) atoms. The summed E-state index contributed by atoms with van der Waals surface area (Å²) in [6.45, 7) is 0.407. The third-order valence-corrected chi connectivity index (χ3v) is 2.66. The van der Waals surface area contributed by atoms with Crippen LogP contribution in [0.3, 0.4) is 0 Å². The molecular formula is C14H12F3N. The van der Waals surface area contributed by atoms with Gasteiger partial charge in [0.1, 0.15) is 17.5 Å². The largest absolute Gasteiger partial charge is 0.316 e. The average Bonchev–Trinajstić information content (AvgIpc) is 2.31. The number of hydrogen-bond donors (Lipinski definition) is 1. The van der Waals surface area contributed by atoms with Crippen LogP contribution >= 0.6 is 0 Å². The molecule has 0 aliphatic carbocycles. The van der Waals surface area contributed by atoms with Crippen molar-refractivity contribution in [3.8, 4) is 11.1 Å². The van der Waals surface area contributed by atoms with Gasteiger partial charge in [0.05, 0.1) is 0 Å². The van der Waals surface area contributed by atoms with E-state index >= 15 is 0 Å². The Kier molecular flexibility index (Phi) is 3.67. The topological polar surface area (TPSA) is 12.0 Å². The fourth-order valence-electron chi connectivity index (χ4n) is 1.87. The number of rotatable bonds is 3. The molecule has 0 heterocycles. The third-order valence-electron chi connectivity index (χ3n) is 2.66. The lowest BCUT2D eigenvalue weighted by Crippen LogP contribution is -2.07. The van der Waals surface area contributed by atoms with Crippen molar-refractivity contribution in [2.24, 2.45) is 0 Å². The Labute approximate surface area is 103 Å². The Bertz CT molecular complexity index is 567. The van der Waals surface area contributed by atoms with Crippen molar-refractivity contribution < 1.29 is 13.2 Å². The molecule has 0 spiro atoms. The minimum Gasteiger partial charge on any atom is -0.316 e. The van der Waals surface area contributed by atoms with Gasteiger partial charge in [-0.05, 0) is 42.4 Å². The van der Waals surface area contributed by atoms with Gasteiger partial charge in [0.2, 0.25) is 0 Å². The molecule has 0 aromatic heterocycles. The molecule has 0 aliphatic rings. The van der Waals surface area contributed by atoms with Crippen molar-refractivity contribution >= 4 is 0 Å². The molecule has 0 saturated heterocycles. The van der Waals surface area contributed by atoms with Crippen LogP contribution in [-0.4, -0.2) is 7.05 Å². The van der Waals surface area contributed by atoms with Crippen LogP contribution in [0.25, 0.3) is 11.1 Å². The van der Waals surface area contributed by atoms with Gasteiger partial charge >= 0.3 is 0 Å². The highest BCUT2D eigenvalue weighted by atomic mass is 19.1. The van der Waals surface area contributed by atoms with Crippen LogP contribution in [0, 0.1) is 17.5 Å². The van der Waals surface area contributed by atoms with Crippen LogP contribution in [0.5, 0.6) is 0 Å². The van der Waals surface area contributed by atoms with Crippen molar-refractivity contribution in [2.75, 3.05) is 7.05 Å². The summed E-state index contributed by atoms with van der Waals surface area (Å²) >= 11 is 0. The quantitative estimate of drug-likeness (QED) is 0.880. The summed E-state index contributed by atoms with van der Waals surface area (Å²) in [5.74, 6) is -1.67. The summed E-state index contributed by atoms with van der Waals surface area (Å²) < 4.78 is 39.7. The van der Waals surface area contributed by atoms with E-state index in [0.29, 0.717) is 17.7 Å². The van der Waals surface area contributed by atoms with E-state index in [1.807, 2.05) is 0 Å². The van der Waals surface area contributed by atoms with Crippen molar-refractivity contribution in [2.45, 2.75) is 6.54 Å².